The van der Waals surface area contributed by atoms with Gasteiger partial charge in [-0.15, -0.1) is 0 Å². The van der Waals surface area contributed by atoms with Crippen molar-refractivity contribution in [3.8, 4) is 0 Å². The van der Waals surface area contributed by atoms with Crippen molar-refractivity contribution < 1.29 is 32.3 Å². The summed E-state index contributed by atoms with van der Waals surface area (Å²) in [5.41, 5.74) is -0.907. The van der Waals surface area contributed by atoms with Gasteiger partial charge in [0.25, 0.3) is 0 Å². The molecule has 1 atom stereocenters. The lowest BCUT2D eigenvalue weighted by Gasteiger charge is -2.33. The summed E-state index contributed by atoms with van der Waals surface area (Å²) in [6.07, 6.45) is -5.09. The number of halogens is 3. The third kappa shape index (κ3) is 4.45. The van der Waals surface area contributed by atoms with Gasteiger partial charge >= 0.3 is 12.1 Å². The second kappa shape index (κ2) is 8.63. The van der Waals surface area contributed by atoms with Gasteiger partial charge in [0.15, 0.2) is 0 Å². The molecule has 6 nitrogen and oxygen atoms in total. The fraction of sp³-hybridized carbons (Fsp3) is 0.227. The van der Waals surface area contributed by atoms with E-state index >= 15 is 0 Å². The lowest BCUT2D eigenvalue weighted by molar-refractivity contribution is -0.139. The van der Waals surface area contributed by atoms with Crippen LogP contribution in [0.1, 0.15) is 18.9 Å². The zero-order chi connectivity index (χ0) is 22.8. The standard InChI is InChI=1S/C22H19F3N2O4/c1-13-19(21(30)31-2)15(12-18(28)27(13)14-8-4-3-5-9-14)20(29)26-17-11-7-6-10-16(17)22(23,24)25/h3-11,15H,12H2,1-2H3,(H,26,29). The van der Waals surface area contributed by atoms with Crippen LogP contribution in [-0.2, 0) is 25.3 Å². The fourth-order valence-electron chi connectivity index (χ4n) is 3.53. The third-order valence-electron chi connectivity index (χ3n) is 4.93. The van der Waals surface area contributed by atoms with E-state index in [0.717, 1.165) is 19.2 Å². The van der Waals surface area contributed by atoms with Gasteiger partial charge in [-0.25, -0.2) is 4.79 Å². The van der Waals surface area contributed by atoms with Crippen molar-refractivity contribution in [1.29, 1.82) is 0 Å². The molecule has 0 aliphatic carbocycles. The molecule has 0 fully saturated rings. The topological polar surface area (TPSA) is 75.7 Å². The highest BCUT2D eigenvalue weighted by Crippen LogP contribution is 2.37. The van der Waals surface area contributed by atoms with E-state index in [1.165, 1.54) is 24.0 Å². The van der Waals surface area contributed by atoms with Crippen molar-refractivity contribution in [3.05, 3.63) is 71.4 Å². The van der Waals surface area contributed by atoms with E-state index in [0.29, 0.717) is 5.69 Å². The average molecular weight is 432 g/mol. The average Bonchev–Trinajstić information content (AvgIpc) is 2.73. The normalized spacial score (nSPS) is 16.9. The van der Waals surface area contributed by atoms with Gasteiger partial charge in [-0.2, -0.15) is 13.2 Å². The maximum Gasteiger partial charge on any atom is 0.418 e. The Morgan fingerprint density at radius 1 is 1.06 bits per heavy atom. The number of nitrogens with zero attached hydrogens (tertiary/aromatic N) is 1. The molecule has 3 rings (SSSR count). The van der Waals surface area contributed by atoms with E-state index in [-0.39, 0.29) is 11.3 Å². The van der Waals surface area contributed by atoms with E-state index in [1.54, 1.807) is 30.3 Å². The molecule has 0 saturated carbocycles. The molecule has 0 aromatic heterocycles. The van der Waals surface area contributed by atoms with Crippen LogP contribution in [0, 0.1) is 5.92 Å². The molecule has 0 spiro atoms. The highest BCUT2D eigenvalue weighted by Gasteiger charge is 2.41. The van der Waals surface area contributed by atoms with Gasteiger partial charge in [0, 0.05) is 17.8 Å². The Morgan fingerprint density at radius 2 is 1.68 bits per heavy atom. The molecule has 2 aromatic carbocycles. The first-order valence-electron chi connectivity index (χ1n) is 9.29. The number of allylic oxidation sites excluding steroid dienone is 1. The minimum absolute atomic E-state index is 0.0899. The number of anilines is 2. The second-order valence-corrected chi connectivity index (χ2v) is 6.84. The van der Waals surface area contributed by atoms with Crippen LogP contribution < -0.4 is 10.2 Å². The highest BCUT2D eigenvalue weighted by atomic mass is 19.4. The zero-order valence-electron chi connectivity index (χ0n) is 16.7. The molecule has 1 unspecified atom stereocenters. The minimum Gasteiger partial charge on any atom is -0.466 e. The van der Waals surface area contributed by atoms with Crippen LogP contribution in [0.5, 0.6) is 0 Å². The third-order valence-corrected chi connectivity index (χ3v) is 4.93. The summed E-state index contributed by atoms with van der Waals surface area (Å²) < 4.78 is 44.6. The molecule has 9 heteroatoms. The SMILES string of the molecule is COC(=O)C1=C(C)N(c2ccccc2)C(=O)CC1C(=O)Nc1ccccc1C(F)(F)F. The Labute approximate surface area is 176 Å². The summed E-state index contributed by atoms with van der Waals surface area (Å²) in [4.78, 5) is 39.5. The summed E-state index contributed by atoms with van der Waals surface area (Å²) in [5.74, 6) is -3.52. The second-order valence-electron chi connectivity index (χ2n) is 6.84. The summed E-state index contributed by atoms with van der Waals surface area (Å²) >= 11 is 0. The fourth-order valence-corrected chi connectivity index (χ4v) is 3.53. The molecule has 1 aliphatic rings. The van der Waals surface area contributed by atoms with Crippen molar-refractivity contribution in [2.24, 2.45) is 5.92 Å². The zero-order valence-corrected chi connectivity index (χ0v) is 16.7. The first-order chi connectivity index (χ1) is 14.6. The maximum absolute atomic E-state index is 13.3. The Morgan fingerprint density at radius 3 is 2.29 bits per heavy atom. The number of nitrogens with one attached hydrogen (secondary N) is 1. The molecule has 1 N–H and O–H groups in total. The molecular weight excluding hydrogens is 413 g/mol. The first-order valence-corrected chi connectivity index (χ1v) is 9.29. The molecular formula is C22H19F3N2O4. The van der Waals surface area contributed by atoms with Gasteiger partial charge in [-0.1, -0.05) is 30.3 Å². The first kappa shape index (κ1) is 22.1. The Hall–Kier alpha value is -3.62. The number of carbonyl (C=O) groups excluding carboxylic acids is 3. The molecule has 31 heavy (non-hydrogen) atoms. The molecule has 0 radical (unpaired) electrons. The Bertz CT molecular complexity index is 1050. The van der Waals surface area contributed by atoms with Crippen molar-refractivity contribution in [1.82, 2.24) is 0 Å². The van der Waals surface area contributed by atoms with Crippen LogP contribution in [0.25, 0.3) is 0 Å². The van der Waals surface area contributed by atoms with Crippen LogP contribution in [0.15, 0.2) is 65.9 Å². The summed E-state index contributed by atoms with van der Waals surface area (Å²) in [6.45, 7) is 1.49. The number of amides is 2. The molecule has 2 aromatic rings. The van der Waals surface area contributed by atoms with E-state index < -0.39 is 47.5 Å². The molecule has 1 heterocycles. The lowest BCUT2D eigenvalue weighted by atomic mass is 9.88. The smallest absolute Gasteiger partial charge is 0.418 e. The monoisotopic (exact) mass is 432 g/mol. The van der Waals surface area contributed by atoms with Crippen molar-refractivity contribution in [3.63, 3.8) is 0 Å². The van der Waals surface area contributed by atoms with Crippen LogP contribution >= 0.6 is 0 Å². The van der Waals surface area contributed by atoms with Gasteiger partial charge in [0.1, 0.15) is 0 Å². The number of para-hydroxylation sites is 2. The van der Waals surface area contributed by atoms with Crippen LogP contribution in [0.2, 0.25) is 0 Å². The van der Waals surface area contributed by atoms with E-state index in [1.807, 2.05) is 0 Å². The number of ether oxygens (including phenoxy) is 1. The molecule has 0 bridgehead atoms. The lowest BCUT2D eigenvalue weighted by Crippen LogP contribution is -2.43. The minimum atomic E-state index is -4.69. The molecule has 162 valence electrons. The molecule has 1 aliphatic heterocycles. The quantitative estimate of drug-likeness (QED) is 0.737. The van der Waals surface area contributed by atoms with E-state index in [9.17, 15) is 27.6 Å². The molecule has 2 amide bonds. The molecule has 0 saturated heterocycles. The number of methoxy groups -OCH3 is 1. The van der Waals surface area contributed by atoms with Crippen LogP contribution in [-0.4, -0.2) is 24.9 Å². The maximum atomic E-state index is 13.3. The number of hydrogen-bond donors (Lipinski definition) is 1. The van der Waals surface area contributed by atoms with Gasteiger partial charge in [0.05, 0.1) is 29.9 Å². The Balaban J connectivity index is 2.01. The van der Waals surface area contributed by atoms with Crippen molar-refractivity contribution in [2.75, 3.05) is 17.3 Å². The predicted molar refractivity (Wildman–Crippen MR) is 107 cm³/mol. The van der Waals surface area contributed by atoms with E-state index in [2.05, 4.69) is 5.32 Å². The van der Waals surface area contributed by atoms with Crippen LogP contribution in [0.4, 0.5) is 24.5 Å². The van der Waals surface area contributed by atoms with Crippen molar-refractivity contribution >= 4 is 29.2 Å². The van der Waals surface area contributed by atoms with Crippen molar-refractivity contribution in [2.45, 2.75) is 19.5 Å². The number of hydrogen-bond acceptors (Lipinski definition) is 4. The Kier molecular flexibility index (Phi) is 6.14. The van der Waals surface area contributed by atoms with E-state index in [4.69, 9.17) is 4.74 Å². The van der Waals surface area contributed by atoms with Gasteiger partial charge < -0.3 is 10.1 Å². The number of rotatable bonds is 4. The number of benzene rings is 2. The summed E-state index contributed by atoms with van der Waals surface area (Å²) in [7, 11) is 1.12. The highest BCUT2D eigenvalue weighted by molar-refractivity contribution is 6.10. The number of alkyl halides is 3. The summed E-state index contributed by atoms with van der Waals surface area (Å²) in [6, 6.07) is 13.0. The van der Waals surface area contributed by atoms with Crippen LogP contribution in [0.3, 0.4) is 0 Å². The van der Waals surface area contributed by atoms with Gasteiger partial charge in [-0.3, -0.25) is 14.5 Å². The largest absolute Gasteiger partial charge is 0.466 e. The van der Waals surface area contributed by atoms with Gasteiger partial charge in [-0.05, 0) is 31.2 Å². The number of carbonyl (C=O) groups is 3. The number of esters is 1. The summed E-state index contributed by atoms with van der Waals surface area (Å²) in [5, 5.41) is 2.22. The van der Waals surface area contributed by atoms with Gasteiger partial charge in [0.2, 0.25) is 11.8 Å². The predicted octanol–water partition coefficient (Wildman–Crippen LogP) is 4.14.